The molecule has 0 aliphatic heterocycles. The lowest BCUT2D eigenvalue weighted by molar-refractivity contribution is 0.102. The van der Waals surface area contributed by atoms with Crippen LogP contribution in [0.1, 0.15) is 40.0 Å². The molecule has 5 heteroatoms. The van der Waals surface area contributed by atoms with E-state index in [2.05, 4.69) is 27.4 Å². The van der Waals surface area contributed by atoms with Gasteiger partial charge in [0.25, 0.3) is 0 Å². The van der Waals surface area contributed by atoms with Crippen molar-refractivity contribution in [2.24, 2.45) is 0 Å². The summed E-state index contributed by atoms with van der Waals surface area (Å²) in [4.78, 5) is 20.7. The molecule has 100 valence electrons. The number of thiazole rings is 1. The van der Waals surface area contributed by atoms with E-state index in [1.54, 1.807) is 18.3 Å². The van der Waals surface area contributed by atoms with Gasteiger partial charge in [0.2, 0.25) is 0 Å². The lowest BCUT2D eigenvalue weighted by Gasteiger charge is -2.20. The van der Waals surface area contributed by atoms with Crippen molar-refractivity contribution in [1.29, 1.82) is 0 Å². The van der Waals surface area contributed by atoms with Crippen molar-refractivity contribution in [3.8, 4) is 0 Å². The smallest absolute Gasteiger partial charge is 0.186 e. The lowest BCUT2D eigenvalue weighted by Crippen LogP contribution is -2.24. The van der Waals surface area contributed by atoms with Crippen LogP contribution in [0.3, 0.4) is 0 Å². The maximum absolute atomic E-state index is 11.6. The number of hydrogen-bond donors (Lipinski definition) is 0. The molecule has 0 bridgehead atoms. The first-order valence-electron chi connectivity index (χ1n) is 6.42. The van der Waals surface area contributed by atoms with Crippen LogP contribution < -0.4 is 4.90 Å². The van der Waals surface area contributed by atoms with Crippen LogP contribution in [0, 0.1) is 6.92 Å². The Balaban J connectivity index is 1.87. The molecule has 1 aliphatic carbocycles. The fraction of sp³-hybridized carbons (Fsp3) is 0.429. The fourth-order valence-electron chi connectivity index (χ4n) is 2.14. The standard InChI is InChI=1S/C14H16N2OS2/c1-9-13(10(2)17)19-14(15-9)16(11-5-6-11)8-12-4-3-7-18-12/h3-4,7,11H,5-6,8H2,1-2H3. The van der Waals surface area contributed by atoms with E-state index in [0.29, 0.717) is 6.04 Å². The van der Waals surface area contributed by atoms with Crippen molar-refractivity contribution in [3.05, 3.63) is 33.0 Å². The minimum atomic E-state index is 0.119. The number of aromatic nitrogens is 1. The van der Waals surface area contributed by atoms with E-state index in [1.807, 2.05) is 6.92 Å². The van der Waals surface area contributed by atoms with Gasteiger partial charge in [-0.15, -0.1) is 11.3 Å². The van der Waals surface area contributed by atoms with Crippen molar-refractivity contribution in [2.45, 2.75) is 39.3 Å². The molecule has 0 N–H and O–H groups in total. The molecular formula is C14H16N2OS2. The molecule has 3 rings (SSSR count). The monoisotopic (exact) mass is 292 g/mol. The summed E-state index contributed by atoms with van der Waals surface area (Å²) < 4.78 is 0. The van der Waals surface area contributed by atoms with Gasteiger partial charge in [-0.25, -0.2) is 4.98 Å². The normalized spacial score (nSPS) is 14.6. The molecule has 2 aromatic heterocycles. The van der Waals surface area contributed by atoms with Crippen LogP contribution in [0.2, 0.25) is 0 Å². The van der Waals surface area contributed by atoms with Crippen LogP contribution in [0.25, 0.3) is 0 Å². The van der Waals surface area contributed by atoms with E-state index in [4.69, 9.17) is 0 Å². The molecule has 1 fully saturated rings. The van der Waals surface area contributed by atoms with Gasteiger partial charge in [-0.2, -0.15) is 0 Å². The zero-order valence-corrected chi connectivity index (χ0v) is 12.7. The number of ketones is 1. The van der Waals surface area contributed by atoms with Crippen molar-refractivity contribution < 1.29 is 4.79 Å². The van der Waals surface area contributed by atoms with Crippen LogP contribution in [-0.4, -0.2) is 16.8 Å². The molecule has 0 aromatic carbocycles. The molecule has 2 aromatic rings. The number of nitrogens with zero attached hydrogens (tertiary/aromatic N) is 2. The second-order valence-electron chi connectivity index (χ2n) is 4.91. The van der Waals surface area contributed by atoms with Gasteiger partial charge in [0, 0.05) is 17.8 Å². The fourth-order valence-corrected chi connectivity index (χ4v) is 3.88. The molecule has 19 heavy (non-hydrogen) atoms. The van der Waals surface area contributed by atoms with E-state index in [0.717, 1.165) is 22.2 Å². The summed E-state index contributed by atoms with van der Waals surface area (Å²) in [6.07, 6.45) is 2.47. The molecular weight excluding hydrogens is 276 g/mol. The molecule has 2 heterocycles. The van der Waals surface area contributed by atoms with E-state index in [9.17, 15) is 4.79 Å². The Kier molecular flexibility index (Phi) is 3.41. The highest BCUT2D eigenvalue weighted by atomic mass is 32.1. The quantitative estimate of drug-likeness (QED) is 0.784. The zero-order chi connectivity index (χ0) is 13.4. The Morgan fingerprint density at radius 3 is 2.84 bits per heavy atom. The minimum absolute atomic E-state index is 0.119. The summed E-state index contributed by atoms with van der Waals surface area (Å²) in [5.74, 6) is 0.119. The van der Waals surface area contributed by atoms with Crippen molar-refractivity contribution in [3.63, 3.8) is 0 Å². The molecule has 0 amide bonds. The first-order valence-corrected chi connectivity index (χ1v) is 8.12. The van der Waals surface area contributed by atoms with E-state index < -0.39 is 0 Å². The molecule has 0 radical (unpaired) electrons. The first kappa shape index (κ1) is 12.8. The average molecular weight is 292 g/mol. The summed E-state index contributed by atoms with van der Waals surface area (Å²) in [6, 6.07) is 4.85. The third-order valence-corrected chi connectivity index (χ3v) is 5.40. The SMILES string of the molecule is CC(=O)c1sc(N(Cc2cccs2)C2CC2)nc1C. The van der Waals surface area contributed by atoms with Crippen molar-refractivity contribution >= 4 is 33.6 Å². The van der Waals surface area contributed by atoms with Gasteiger partial charge < -0.3 is 4.90 Å². The van der Waals surface area contributed by atoms with Gasteiger partial charge in [0.15, 0.2) is 10.9 Å². The Bertz CT molecular complexity index is 585. The summed E-state index contributed by atoms with van der Waals surface area (Å²) >= 11 is 3.31. The predicted molar refractivity (Wildman–Crippen MR) is 80.4 cm³/mol. The Morgan fingerprint density at radius 2 is 2.32 bits per heavy atom. The van der Waals surface area contributed by atoms with E-state index in [1.165, 1.54) is 29.1 Å². The Labute approximate surface area is 120 Å². The van der Waals surface area contributed by atoms with Crippen LogP contribution in [-0.2, 0) is 6.54 Å². The summed E-state index contributed by atoms with van der Waals surface area (Å²) in [7, 11) is 0. The number of anilines is 1. The number of thiophene rings is 1. The van der Waals surface area contributed by atoms with Crippen LogP contribution in [0.5, 0.6) is 0 Å². The van der Waals surface area contributed by atoms with Crippen LogP contribution in [0.4, 0.5) is 5.13 Å². The molecule has 0 atom stereocenters. The van der Waals surface area contributed by atoms with Crippen LogP contribution in [0.15, 0.2) is 17.5 Å². The van der Waals surface area contributed by atoms with Gasteiger partial charge in [-0.1, -0.05) is 17.4 Å². The highest BCUT2D eigenvalue weighted by Gasteiger charge is 2.32. The summed E-state index contributed by atoms with van der Waals surface area (Å²) in [5, 5.41) is 3.10. The van der Waals surface area contributed by atoms with Crippen molar-refractivity contribution in [1.82, 2.24) is 4.98 Å². The number of Topliss-reactive ketones (excluding diaryl/α,β-unsaturated/α-hetero) is 1. The number of aryl methyl sites for hydroxylation is 1. The third-order valence-electron chi connectivity index (χ3n) is 3.24. The van der Waals surface area contributed by atoms with E-state index >= 15 is 0 Å². The lowest BCUT2D eigenvalue weighted by atomic mass is 10.3. The number of carbonyl (C=O) groups excluding carboxylic acids is 1. The first-order chi connectivity index (χ1) is 9.15. The number of carbonyl (C=O) groups is 1. The van der Waals surface area contributed by atoms with Gasteiger partial charge in [-0.3, -0.25) is 4.79 Å². The third kappa shape index (κ3) is 2.72. The maximum atomic E-state index is 11.6. The topological polar surface area (TPSA) is 33.2 Å². The molecule has 0 spiro atoms. The number of rotatable bonds is 5. The number of hydrogen-bond acceptors (Lipinski definition) is 5. The van der Waals surface area contributed by atoms with Gasteiger partial charge >= 0.3 is 0 Å². The molecule has 1 aliphatic rings. The van der Waals surface area contributed by atoms with Crippen LogP contribution >= 0.6 is 22.7 Å². The highest BCUT2D eigenvalue weighted by molar-refractivity contribution is 7.17. The zero-order valence-electron chi connectivity index (χ0n) is 11.0. The van der Waals surface area contributed by atoms with Gasteiger partial charge in [-0.05, 0) is 31.2 Å². The second-order valence-corrected chi connectivity index (χ2v) is 6.92. The second kappa shape index (κ2) is 5.06. The van der Waals surface area contributed by atoms with Gasteiger partial charge in [0.05, 0.1) is 17.1 Å². The molecule has 1 saturated carbocycles. The highest BCUT2D eigenvalue weighted by Crippen LogP contribution is 2.37. The molecule has 0 saturated heterocycles. The van der Waals surface area contributed by atoms with Gasteiger partial charge in [0.1, 0.15) is 0 Å². The van der Waals surface area contributed by atoms with E-state index in [-0.39, 0.29) is 5.78 Å². The average Bonchev–Trinajstić information content (AvgIpc) is 2.93. The minimum Gasteiger partial charge on any atom is -0.340 e. The Hall–Kier alpha value is -1.20. The van der Waals surface area contributed by atoms with Crippen molar-refractivity contribution in [2.75, 3.05) is 4.90 Å². The summed E-state index contributed by atoms with van der Waals surface area (Å²) in [6.45, 7) is 4.45. The maximum Gasteiger partial charge on any atom is 0.186 e. The predicted octanol–water partition coefficient (Wildman–Crippen LogP) is 3.88. The summed E-state index contributed by atoms with van der Waals surface area (Å²) in [5.41, 5.74) is 0.865. The largest absolute Gasteiger partial charge is 0.340 e. The Morgan fingerprint density at radius 1 is 1.53 bits per heavy atom. The molecule has 0 unspecified atom stereocenters. The molecule has 3 nitrogen and oxygen atoms in total.